The van der Waals surface area contributed by atoms with Crippen molar-refractivity contribution >= 4 is 47.2 Å². The van der Waals surface area contributed by atoms with Crippen LogP contribution in [-0.4, -0.2) is 58.6 Å². The van der Waals surface area contributed by atoms with Gasteiger partial charge in [0.05, 0.1) is 0 Å². The lowest BCUT2D eigenvalue weighted by Crippen LogP contribution is -2.42. The van der Waals surface area contributed by atoms with Crippen molar-refractivity contribution in [3.05, 3.63) is 83.0 Å². The molecule has 2 heterocycles. The van der Waals surface area contributed by atoms with Gasteiger partial charge in [-0.05, 0) is 73.9 Å². The lowest BCUT2D eigenvalue weighted by molar-refractivity contribution is -0.133. The number of hydrogen-bond acceptors (Lipinski definition) is 4. The van der Waals surface area contributed by atoms with E-state index < -0.39 is 12.1 Å². The number of amides is 4. The number of carbonyl (C=O) groups excluding carboxylic acids is 4. The Morgan fingerprint density at radius 2 is 1.00 bits per heavy atom. The Bertz CT molecular complexity index is 1330. The summed E-state index contributed by atoms with van der Waals surface area (Å²) in [7, 11) is 0. The van der Waals surface area contributed by atoms with Crippen LogP contribution in [0.1, 0.15) is 49.7 Å². The van der Waals surface area contributed by atoms with Gasteiger partial charge in [-0.2, -0.15) is 0 Å². The number of carbonyl (C=O) groups is 4. The maximum atomic E-state index is 12.8. The van der Waals surface area contributed by atoms with E-state index in [2.05, 4.69) is 10.6 Å². The molecule has 2 N–H and O–H groups in total. The summed E-state index contributed by atoms with van der Waals surface area (Å²) in [6.07, 6.45) is 12.3. The number of nitrogens with one attached hydrogen (secondary N) is 2. The molecule has 40 heavy (non-hydrogen) atoms. The fourth-order valence-corrected chi connectivity index (χ4v) is 5.38. The van der Waals surface area contributed by atoms with Gasteiger partial charge in [-0.1, -0.05) is 48.6 Å². The van der Waals surface area contributed by atoms with E-state index in [1.807, 2.05) is 72.8 Å². The predicted molar refractivity (Wildman–Crippen MR) is 154 cm³/mol. The summed E-state index contributed by atoms with van der Waals surface area (Å²) in [5, 5.41) is 5.91. The van der Waals surface area contributed by atoms with Gasteiger partial charge in [0.1, 0.15) is 12.1 Å². The molecule has 0 aromatic heterocycles. The highest BCUT2D eigenvalue weighted by Gasteiger charge is 2.37. The highest BCUT2D eigenvalue weighted by Crippen LogP contribution is 2.29. The fraction of sp³-hybridized carbons (Fsp3) is 0.312. The quantitative estimate of drug-likeness (QED) is 0.490. The van der Waals surface area contributed by atoms with Gasteiger partial charge in [-0.3, -0.25) is 19.2 Å². The van der Waals surface area contributed by atoms with E-state index in [-0.39, 0.29) is 23.6 Å². The second kappa shape index (κ2) is 11.0. The predicted octanol–water partition coefficient (Wildman–Crippen LogP) is 4.38. The summed E-state index contributed by atoms with van der Waals surface area (Å²) in [6.45, 7) is 1.26. The Morgan fingerprint density at radius 3 is 1.35 bits per heavy atom. The molecular formula is C32H32N4O4. The Morgan fingerprint density at radius 1 is 0.625 bits per heavy atom. The number of likely N-dealkylation sites (tertiary alicyclic amines) is 2. The maximum absolute atomic E-state index is 12.8. The number of rotatable bonds is 8. The standard InChI is InChI=1S/C32H32N4O4/c37-29(27-3-1-19-35(27)31(39)23-11-12-23)33-25-15-7-21(8-16-25)5-6-22-9-17-26(18-10-22)34-30(38)28-4-2-20-36(28)32(40)24-13-14-24/h5-11,13,15-18,27-28H,1-4,12,14,19-20H2,(H,33,37)(H,34,38)/b6-5+/t27-,28-/m0/s1. The van der Waals surface area contributed by atoms with E-state index in [4.69, 9.17) is 0 Å². The molecule has 0 unspecified atom stereocenters. The Labute approximate surface area is 233 Å². The van der Waals surface area contributed by atoms with E-state index in [0.29, 0.717) is 37.3 Å². The summed E-state index contributed by atoms with van der Waals surface area (Å²) in [6, 6.07) is 14.3. The molecule has 4 amide bonds. The van der Waals surface area contributed by atoms with Gasteiger partial charge in [-0.15, -0.1) is 0 Å². The van der Waals surface area contributed by atoms with Gasteiger partial charge in [0.25, 0.3) is 0 Å². The van der Waals surface area contributed by atoms with E-state index >= 15 is 0 Å². The third-order valence-corrected chi connectivity index (χ3v) is 7.82. The molecule has 2 saturated heterocycles. The molecule has 8 nitrogen and oxygen atoms in total. The number of benzene rings is 2. The van der Waals surface area contributed by atoms with Gasteiger partial charge >= 0.3 is 0 Å². The van der Waals surface area contributed by atoms with Crippen molar-refractivity contribution in [3.8, 4) is 0 Å². The molecule has 2 aromatic carbocycles. The lowest BCUT2D eigenvalue weighted by atomic mass is 10.1. The van der Waals surface area contributed by atoms with Gasteiger partial charge in [-0.25, -0.2) is 0 Å². The molecule has 2 aliphatic carbocycles. The van der Waals surface area contributed by atoms with Crippen molar-refractivity contribution in [2.45, 2.75) is 50.6 Å². The van der Waals surface area contributed by atoms with E-state index in [1.54, 1.807) is 9.80 Å². The van der Waals surface area contributed by atoms with Crippen LogP contribution in [0.5, 0.6) is 0 Å². The fourth-order valence-electron chi connectivity index (χ4n) is 5.38. The average molecular weight is 537 g/mol. The van der Waals surface area contributed by atoms with Crippen molar-refractivity contribution in [1.29, 1.82) is 0 Å². The smallest absolute Gasteiger partial charge is 0.250 e. The Kier molecular flexibility index (Phi) is 7.07. The molecule has 0 bridgehead atoms. The molecule has 8 heteroatoms. The topological polar surface area (TPSA) is 98.8 Å². The molecule has 4 aliphatic rings. The Balaban J connectivity index is 1.01. The third-order valence-electron chi connectivity index (χ3n) is 7.82. The van der Waals surface area contributed by atoms with Gasteiger partial charge < -0.3 is 20.4 Å². The van der Waals surface area contributed by atoms with Crippen LogP contribution in [-0.2, 0) is 19.2 Å². The van der Waals surface area contributed by atoms with Crippen LogP contribution >= 0.6 is 0 Å². The summed E-state index contributed by atoms with van der Waals surface area (Å²) in [5.41, 5.74) is 4.97. The van der Waals surface area contributed by atoms with Crippen molar-refractivity contribution < 1.29 is 19.2 Å². The number of hydrogen-bond donors (Lipinski definition) is 2. The number of anilines is 2. The molecule has 204 valence electrons. The monoisotopic (exact) mass is 536 g/mol. The molecule has 2 fully saturated rings. The van der Waals surface area contributed by atoms with Crippen LogP contribution in [0.25, 0.3) is 12.2 Å². The minimum absolute atomic E-state index is 0.00701. The first kappa shape index (κ1) is 25.8. The first-order valence-electron chi connectivity index (χ1n) is 14.0. The number of nitrogens with zero attached hydrogens (tertiary/aromatic N) is 2. The van der Waals surface area contributed by atoms with Gasteiger partial charge in [0.15, 0.2) is 0 Å². The summed E-state index contributed by atoms with van der Waals surface area (Å²) in [5.74, 6) is -0.301. The zero-order valence-electron chi connectivity index (χ0n) is 22.3. The second-order valence-electron chi connectivity index (χ2n) is 10.7. The summed E-state index contributed by atoms with van der Waals surface area (Å²) in [4.78, 5) is 53.9. The normalized spacial score (nSPS) is 21.2. The van der Waals surface area contributed by atoms with Crippen molar-refractivity contribution in [1.82, 2.24) is 9.80 Å². The van der Waals surface area contributed by atoms with Crippen molar-refractivity contribution in [2.24, 2.45) is 0 Å². The van der Waals surface area contributed by atoms with Crippen LogP contribution in [0, 0.1) is 0 Å². The zero-order chi connectivity index (χ0) is 27.6. The molecule has 2 aliphatic heterocycles. The molecule has 0 spiro atoms. The van der Waals surface area contributed by atoms with Gasteiger partial charge in [0.2, 0.25) is 23.6 Å². The third kappa shape index (κ3) is 5.76. The molecule has 0 saturated carbocycles. The lowest BCUT2D eigenvalue weighted by Gasteiger charge is -2.23. The van der Waals surface area contributed by atoms with E-state index in [0.717, 1.165) is 48.0 Å². The van der Waals surface area contributed by atoms with Crippen molar-refractivity contribution in [2.75, 3.05) is 23.7 Å². The van der Waals surface area contributed by atoms with Crippen LogP contribution in [0.15, 0.2) is 71.8 Å². The van der Waals surface area contributed by atoms with Crippen molar-refractivity contribution in [3.63, 3.8) is 0 Å². The van der Waals surface area contributed by atoms with Crippen LogP contribution in [0.2, 0.25) is 0 Å². The molecule has 2 aromatic rings. The largest absolute Gasteiger partial charge is 0.327 e. The second-order valence-corrected chi connectivity index (χ2v) is 10.7. The molecule has 6 rings (SSSR count). The average Bonchev–Trinajstić information content (AvgIpc) is 3.89. The summed E-state index contributed by atoms with van der Waals surface area (Å²) < 4.78 is 0. The minimum atomic E-state index is -0.415. The zero-order valence-corrected chi connectivity index (χ0v) is 22.3. The molecule has 2 atom stereocenters. The van der Waals surface area contributed by atoms with Crippen LogP contribution < -0.4 is 10.6 Å². The SMILES string of the molecule is O=C(Nc1ccc(/C=C/c2ccc(NC(=O)[C@@H]3CCCN3C(=O)C3=CC3)cc2)cc1)[C@@H]1CCCN1C(=O)C1=CC1. The highest BCUT2D eigenvalue weighted by atomic mass is 16.2. The first-order chi connectivity index (χ1) is 19.5. The molecule has 0 radical (unpaired) electrons. The number of allylic oxidation sites excluding steroid dienone is 2. The van der Waals surface area contributed by atoms with Crippen LogP contribution in [0.3, 0.4) is 0 Å². The minimum Gasteiger partial charge on any atom is -0.327 e. The highest BCUT2D eigenvalue weighted by molar-refractivity contribution is 6.04. The first-order valence-corrected chi connectivity index (χ1v) is 14.0. The summed E-state index contributed by atoms with van der Waals surface area (Å²) >= 11 is 0. The van der Waals surface area contributed by atoms with Crippen LogP contribution in [0.4, 0.5) is 11.4 Å². The Hall–Kier alpha value is -4.46. The van der Waals surface area contributed by atoms with E-state index in [9.17, 15) is 19.2 Å². The molecular weight excluding hydrogens is 504 g/mol. The van der Waals surface area contributed by atoms with E-state index in [1.165, 1.54) is 0 Å². The maximum Gasteiger partial charge on any atom is 0.250 e. The van der Waals surface area contributed by atoms with Gasteiger partial charge in [0, 0.05) is 35.6 Å².